The molecule has 1 atom stereocenters. The molecule has 1 rings (SSSR count). The van der Waals surface area contributed by atoms with Crippen molar-refractivity contribution in [2.24, 2.45) is 0 Å². The van der Waals surface area contributed by atoms with E-state index in [4.69, 9.17) is 0 Å². The molecule has 3 heteroatoms. The van der Waals surface area contributed by atoms with Crippen LogP contribution in [-0.4, -0.2) is 18.6 Å². The highest BCUT2D eigenvalue weighted by Gasteiger charge is 2.03. The lowest BCUT2D eigenvalue weighted by Crippen LogP contribution is -2.21. The van der Waals surface area contributed by atoms with E-state index in [2.05, 4.69) is 58.7 Å². The Morgan fingerprint density at radius 3 is 2.93 bits per heavy atom. The highest BCUT2D eigenvalue weighted by atomic mass is 79.9. The Bertz CT molecular complexity index is 278. The molecular formula is C11H16BrNS. The van der Waals surface area contributed by atoms with Crippen molar-refractivity contribution >= 4 is 27.7 Å². The van der Waals surface area contributed by atoms with E-state index in [9.17, 15) is 0 Å². The van der Waals surface area contributed by atoms with Crippen molar-refractivity contribution in [3.8, 4) is 0 Å². The molecule has 1 aromatic carbocycles. The van der Waals surface area contributed by atoms with Gasteiger partial charge in [0.25, 0.3) is 0 Å². The zero-order valence-corrected chi connectivity index (χ0v) is 11.0. The normalized spacial score (nSPS) is 12.8. The van der Waals surface area contributed by atoms with Crippen molar-refractivity contribution in [1.29, 1.82) is 0 Å². The average molecular weight is 274 g/mol. The van der Waals surface area contributed by atoms with Gasteiger partial charge in [-0.25, -0.2) is 0 Å². The third kappa shape index (κ3) is 4.03. The summed E-state index contributed by atoms with van der Waals surface area (Å²) in [7, 11) is 0. The molecule has 0 heterocycles. The smallest absolute Gasteiger partial charge is 0.0292 e. The molecular weight excluding hydrogens is 258 g/mol. The summed E-state index contributed by atoms with van der Waals surface area (Å²) in [4.78, 5) is 0. The van der Waals surface area contributed by atoms with Crippen LogP contribution in [-0.2, 0) is 0 Å². The molecule has 0 fully saturated rings. The molecule has 0 bridgehead atoms. The molecule has 0 radical (unpaired) electrons. The van der Waals surface area contributed by atoms with Crippen LogP contribution in [0.15, 0.2) is 28.7 Å². The van der Waals surface area contributed by atoms with Gasteiger partial charge in [-0.3, -0.25) is 0 Å². The number of rotatable bonds is 5. The third-order valence-corrected chi connectivity index (χ3v) is 3.21. The van der Waals surface area contributed by atoms with E-state index in [0.29, 0.717) is 6.04 Å². The Labute approximate surface area is 98.8 Å². The van der Waals surface area contributed by atoms with Crippen molar-refractivity contribution in [3.05, 3.63) is 34.3 Å². The van der Waals surface area contributed by atoms with Gasteiger partial charge < -0.3 is 5.32 Å². The predicted octanol–water partition coefficient (Wildman–Crippen LogP) is 3.46. The minimum absolute atomic E-state index is 0.430. The summed E-state index contributed by atoms with van der Waals surface area (Å²) in [6.07, 6.45) is 2.13. The first kappa shape index (κ1) is 12.1. The Balaban J connectivity index is 2.47. The van der Waals surface area contributed by atoms with Gasteiger partial charge in [0.05, 0.1) is 0 Å². The van der Waals surface area contributed by atoms with Crippen molar-refractivity contribution in [1.82, 2.24) is 5.32 Å². The lowest BCUT2D eigenvalue weighted by Gasteiger charge is -2.13. The SMILES string of the molecule is CSCCN[C@@H](C)c1cccc(Br)c1. The minimum Gasteiger partial charge on any atom is -0.309 e. The molecule has 0 aliphatic carbocycles. The van der Waals surface area contributed by atoms with Crippen LogP contribution in [0.3, 0.4) is 0 Å². The third-order valence-electron chi connectivity index (χ3n) is 2.11. The number of thioether (sulfide) groups is 1. The number of nitrogens with one attached hydrogen (secondary N) is 1. The van der Waals surface area contributed by atoms with Gasteiger partial charge in [-0.15, -0.1) is 0 Å². The fourth-order valence-electron chi connectivity index (χ4n) is 1.27. The van der Waals surface area contributed by atoms with Crippen molar-refractivity contribution in [3.63, 3.8) is 0 Å². The highest BCUT2D eigenvalue weighted by molar-refractivity contribution is 9.10. The van der Waals surface area contributed by atoms with Crippen LogP contribution in [0.5, 0.6) is 0 Å². The summed E-state index contributed by atoms with van der Waals surface area (Å²) < 4.78 is 1.15. The molecule has 1 N–H and O–H groups in total. The predicted molar refractivity (Wildman–Crippen MR) is 68.9 cm³/mol. The van der Waals surface area contributed by atoms with E-state index in [0.717, 1.165) is 11.0 Å². The van der Waals surface area contributed by atoms with Gasteiger partial charge in [0.1, 0.15) is 0 Å². The second kappa shape index (κ2) is 6.49. The summed E-state index contributed by atoms with van der Waals surface area (Å²) in [5.74, 6) is 1.17. The Morgan fingerprint density at radius 2 is 2.29 bits per heavy atom. The first-order valence-electron chi connectivity index (χ1n) is 4.72. The molecule has 0 saturated heterocycles. The molecule has 1 aromatic rings. The molecule has 0 aliphatic rings. The molecule has 0 amide bonds. The van der Waals surface area contributed by atoms with Gasteiger partial charge >= 0.3 is 0 Å². The van der Waals surface area contributed by atoms with Crippen molar-refractivity contribution in [2.75, 3.05) is 18.6 Å². The molecule has 0 unspecified atom stereocenters. The summed E-state index contributed by atoms with van der Waals surface area (Å²) >= 11 is 5.35. The second-order valence-electron chi connectivity index (χ2n) is 3.22. The van der Waals surface area contributed by atoms with E-state index in [1.807, 2.05) is 11.8 Å². The summed E-state index contributed by atoms with van der Waals surface area (Å²) in [6.45, 7) is 3.26. The van der Waals surface area contributed by atoms with Gasteiger partial charge in [0, 0.05) is 22.8 Å². The maximum atomic E-state index is 3.49. The number of halogens is 1. The van der Waals surface area contributed by atoms with Crippen LogP contribution in [0, 0.1) is 0 Å². The highest BCUT2D eigenvalue weighted by Crippen LogP contribution is 2.17. The lowest BCUT2D eigenvalue weighted by atomic mass is 10.1. The van der Waals surface area contributed by atoms with Gasteiger partial charge in [-0.05, 0) is 30.9 Å². The first-order chi connectivity index (χ1) is 6.74. The Hall–Kier alpha value is 0.01000. The van der Waals surface area contributed by atoms with Gasteiger partial charge in [-0.1, -0.05) is 28.1 Å². The van der Waals surface area contributed by atoms with Crippen LogP contribution in [0.2, 0.25) is 0 Å². The first-order valence-corrected chi connectivity index (χ1v) is 6.90. The van der Waals surface area contributed by atoms with Crippen LogP contribution < -0.4 is 5.32 Å². The fraction of sp³-hybridized carbons (Fsp3) is 0.455. The van der Waals surface area contributed by atoms with Crippen molar-refractivity contribution < 1.29 is 0 Å². The summed E-state index contributed by atoms with van der Waals surface area (Å²) in [5, 5.41) is 3.49. The molecule has 0 aliphatic heterocycles. The maximum absolute atomic E-state index is 3.49. The molecule has 78 valence electrons. The number of benzene rings is 1. The topological polar surface area (TPSA) is 12.0 Å². The van der Waals surface area contributed by atoms with E-state index in [-0.39, 0.29) is 0 Å². The quantitative estimate of drug-likeness (QED) is 0.825. The van der Waals surface area contributed by atoms with Crippen LogP contribution in [0.25, 0.3) is 0 Å². The van der Waals surface area contributed by atoms with Crippen molar-refractivity contribution in [2.45, 2.75) is 13.0 Å². The number of hydrogen-bond donors (Lipinski definition) is 1. The average Bonchev–Trinajstić information content (AvgIpc) is 2.18. The van der Waals surface area contributed by atoms with Gasteiger partial charge in [0.2, 0.25) is 0 Å². The molecule has 0 spiro atoms. The summed E-state index contributed by atoms with van der Waals surface area (Å²) in [5.41, 5.74) is 1.33. The van der Waals surface area contributed by atoms with E-state index in [1.54, 1.807) is 0 Å². The molecule has 0 saturated carbocycles. The zero-order valence-electron chi connectivity index (χ0n) is 8.59. The Kier molecular flexibility index (Phi) is 5.60. The Morgan fingerprint density at radius 1 is 1.50 bits per heavy atom. The largest absolute Gasteiger partial charge is 0.309 e. The van der Waals surface area contributed by atoms with E-state index >= 15 is 0 Å². The monoisotopic (exact) mass is 273 g/mol. The van der Waals surface area contributed by atoms with Gasteiger partial charge in [0.15, 0.2) is 0 Å². The van der Waals surface area contributed by atoms with E-state index in [1.165, 1.54) is 11.3 Å². The fourth-order valence-corrected chi connectivity index (χ4v) is 2.01. The number of hydrogen-bond acceptors (Lipinski definition) is 2. The van der Waals surface area contributed by atoms with E-state index < -0.39 is 0 Å². The second-order valence-corrected chi connectivity index (χ2v) is 5.12. The van der Waals surface area contributed by atoms with Gasteiger partial charge in [-0.2, -0.15) is 11.8 Å². The van der Waals surface area contributed by atoms with Crippen LogP contribution in [0.4, 0.5) is 0 Å². The minimum atomic E-state index is 0.430. The zero-order chi connectivity index (χ0) is 10.4. The summed E-state index contributed by atoms with van der Waals surface area (Å²) in [6, 6.07) is 8.88. The molecule has 14 heavy (non-hydrogen) atoms. The molecule has 0 aromatic heterocycles. The van der Waals surface area contributed by atoms with Crippen LogP contribution >= 0.6 is 27.7 Å². The standard InChI is InChI=1S/C11H16BrNS/c1-9(13-6-7-14-2)10-4-3-5-11(12)8-10/h3-5,8-9,13H,6-7H2,1-2H3/t9-/m0/s1. The van der Waals surface area contributed by atoms with Crippen LogP contribution in [0.1, 0.15) is 18.5 Å². The molecule has 1 nitrogen and oxygen atoms in total. The lowest BCUT2D eigenvalue weighted by molar-refractivity contribution is 0.601. The maximum Gasteiger partial charge on any atom is 0.0292 e.